The molecule has 1 unspecified atom stereocenters. The van der Waals surface area contributed by atoms with Crippen molar-refractivity contribution in [3.05, 3.63) is 0 Å². The van der Waals surface area contributed by atoms with Gasteiger partial charge < -0.3 is 5.11 Å². The molecule has 0 aromatic carbocycles. The number of nitrogens with zero attached hydrogens (tertiary/aromatic N) is 1. The second-order valence-corrected chi connectivity index (χ2v) is 2.54. The van der Waals surface area contributed by atoms with E-state index in [1.165, 1.54) is 0 Å². The Balaban J connectivity index is 2.37. The highest BCUT2D eigenvalue weighted by Gasteiger charge is 2.30. The Morgan fingerprint density at radius 2 is 2.50 bits per heavy atom. The minimum Gasteiger partial charge on any atom is -0.480 e. The van der Waals surface area contributed by atoms with Gasteiger partial charge >= 0.3 is 5.97 Å². The summed E-state index contributed by atoms with van der Waals surface area (Å²) in [5.41, 5.74) is 0. The molecule has 0 aromatic rings. The molecule has 1 aliphatic heterocycles. The van der Waals surface area contributed by atoms with E-state index in [-0.39, 0.29) is 6.04 Å². The van der Waals surface area contributed by atoms with Gasteiger partial charge in [-0.1, -0.05) is 9.39 Å². The molecule has 2 atom stereocenters. The van der Waals surface area contributed by atoms with Crippen LogP contribution < -0.4 is 0 Å². The number of aliphatic carboxylic acids is 1. The first-order chi connectivity index (χ1) is 3.72. The molecule has 1 rings (SSSR count). The van der Waals surface area contributed by atoms with Gasteiger partial charge in [-0.2, -0.15) is 0 Å². The molecule has 0 spiro atoms. The molecular formula is C4H8NO2P. The highest BCUT2D eigenvalue weighted by molar-refractivity contribution is 7.13. The van der Waals surface area contributed by atoms with Crippen LogP contribution in [0.1, 0.15) is 6.42 Å². The molecule has 4 heteroatoms. The monoisotopic (exact) mass is 133 g/mol. The van der Waals surface area contributed by atoms with Gasteiger partial charge in [0, 0.05) is 6.54 Å². The number of carboxylic acids is 1. The summed E-state index contributed by atoms with van der Waals surface area (Å²) in [5.74, 6) is -0.716. The van der Waals surface area contributed by atoms with Crippen molar-refractivity contribution in [2.75, 3.05) is 6.54 Å². The topological polar surface area (TPSA) is 40.5 Å². The van der Waals surface area contributed by atoms with Crippen LogP contribution in [0.4, 0.5) is 0 Å². The quantitative estimate of drug-likeness (QED) is 0.509. The average Bonchev–Trinajstić information content (AvgIpc) is 1.61. The molecule has 0 aromatic heterocycles. The second-order valence-electron chi connectivity index (χ2n) is 1.88. The molecule has 3 nitrogen and oxygen atoms in total. The number of carboxylic acid groups (broad SMARTS) is 1. The Bertz CT molecular complexity index is 117. The fourth-order valence-corrected chi connectivity index (χ4v) is 1.10. The van der Waals surface area contributed by atoms with Crippen molar-refractivity contribution in [2.45, 2.75) is 12.5 Å². The summed E-state index contributed by atoms with van der Waals surface area (Å²) >= 11 is 0. The Kier molecular flexibility index (Phi) is 1.49. The summed E-state index contributed by atoms with van der Waals surface area (Å²) in [5, 5.41) is 8.35. The normalized spacial score (nSPS) is 29.4. The average molecular weight is 133 g/mol. The second kappa shape index (κ2) is 2.00. The van der Waals surface area contributed by atoms with Crippen LogP contribution in [0, 0.1) is 0 Å². The molecule has 0 saturated carbocycles. The molecule has 1 heterocycles. The maximum Gasteiger partial charge on any atom is 0.321 e. The Morgan fingerprint density at radius 3 is 2.50 bits per heavy atom. The number of rotatable bonds is 1. The summed E-state index contributed by atoms with van der Waals surface area (Å²) in [6.07, 6.45) is 0.791. The lowest BCUT2D eigenvalue weighted by molar-refractivity contribution is -0.144. The zero-order valence-electron chi connectivity index (χ0n) is 4.37. The van der Waals surface area contributed by atoms with E-state index in [9.17, 15) is 4.79 Å². The highest BCUT2D eigenvalue weighted by Crippen LogP contribution is 2.20. The lowest BCUT2D eigenvalue weighted by Crippen LogP contribution is -2.45. The van der Waals surface area contributed by atoms with Crippen LogP contribution in [-0.4, -0.2) is 28.3 Å². The SMILES string of the molecule is O=C(O)[C@H]1CCN1P. The van der Waals surface area contributed by atoms with Gasteiger partial charge in [-0.3, -0.25) is 9.46 Å². The van der Waals surface area contributed by atoms with E-state index in [0.717, 1.165) is 13.0 Å². The fraction of sp³-hybridized carbons (Fsp3) is 0.750. The summed E-state index contributed by atoms with van der Waals surface area (Å²) in [4.78, 5) is 10.1. The standard InChI is InChI=1S/C4H8NO2P/c6-4(7)3-1-2-5(3)8/h3H,1-2,8H2,(H,6,7)/t3-/m1/s1. The van der Waals surface area contributed by atoms with Crippen molar-refractivity contribution in [1.29, 1.82) is 0 Å². The predicted octanol–water partition coefficient (Wildman–Crippen LogP) is -0.0646. The smallest absolute Gasteiger partial charge is 0.321 e. The van der Waals surface area contributed by atoms with Crippen LogP contribution in [0.15, 0.2) is 0 Å². The number of carbonyl (C=O) groups is 1. The minimum absolute atomic E-state index is 0.236. The van der Waals surface area contributed by atoms with E-state index < -0.39 is 5.97 Å². The van der Waals surface area contributed by atoms with Crippen LogP contribution in [0.3, 0.4) is 0 Å². The molecule has 1 aliphatic rings. The summed E-state index contributed by atoms with van der Waals surface area (Å²) in [6, 6.07) is -0.236. The van der Waals surface area contributed by atoms with Crippen LogP contribution in [0.5, 0.6) is 0 Å². The number of hydrogen-bond acceptors (Lipinski definition) is 2. The third-order valence-electron chi connectivity index (χ3n) is 1.35. The third-order valence-corrected chi connectivity index (χ3v) is 1.96. The van der Waals surface area contributed by atoms with Crippen LogP contribution in [0.25, 0.3) is 0 Å². The first-order valence-corrected chi connectivity index (χ1v) is 2.97. The first-order valence-electron chi connectivity index (χ1n) is 2.46. The maximum atomic E-state index is 10.1. The molecule has 1 saturated heterocycles. The largest absolute Gasteiger partial charge is 0.480 e. The van der Waals surface area contributed by atoms with Crippen molar-refractivity contribution < 1.29 is 9.90 Å². The van der Waals surface area contributed by atoms with Gasteiger partial charge in [0.15, 0.2) is 0 Å². The molecular weight excluding hydrogens is 125 g/mol. The molecule has 0 radical (unpaired) electrons. The van der Waals surface area contributed by atoms with Gasteiger partial charge in [0.05, 0.1) is 0 Å². The van der Waals surface area contributed by atoms with Crippen LogP contribution in [-0.2, 0) is 4.79 Å². The van der Waals surface area contributed by atoms with Crippen molar-refractivity contribution in [3.8, 4) is 0 Å². The summed E-state index contributed by atoms with van der Waals surface area (Å²) < 4.78 is 1.74. The van der Waals surface area contributed by atoms with Crippen LogP contribution in [0.2, 0.25) is 0 Å². The van der Waals surface area contributed by atoms with E-state index in [1.54, 1.807) is 4.67 Å². The van der Waals surface area contributed by atoms with Gasteiger partial charge in [0.1, 0.15) is 6.04 Å². The van der Waals surface area contributed by atoms with E-state index in [0.29, 0.717) is 0 Å². The summed E-state index contributed by atoms with van der Waals surface area (Å²) in [7, 11) is 2.38. The van der Waals surface area contributed by atoms with Crippen molar-refractivity contribution in [1.82, 2.24) is 4.67 Å². The van der Waals surface area contributed by atoms with Gasteiger partial charge in [0.25, 0.3) is 0 Å². The molecule has 0 aliphatic carbocycles. The third kappa shape index (κ3) is 0.837. The van der Waals surface area contributed by atoms with Crippen LogP contribution >= 0.6 is 9.39 Å². The van der Waals surface area contributed by atoms with E-state index in [2.05, 4.69) is 9.39 Å². The highest BCUT2D eigenvalue weighted by atomic mass is 31.0. The maximum absolute atomic E-state index is 10.1. The molecule has 46 valence electrons. The zero-order valence-corrected chi connectivity index (χ0v) is 5.53. The Hall–Kier alpha value is -0.140. The zero-order chi connectivity index (χ0) is 6.15. The van der Waals surface area contributed by atoms with Gasteiger partial charge in [-0.05, 0) is 6.42 Å². The lowest BCUT2D eigenvalue weighted by Gasteiger charge is -2.33. The lowest BCUT2D eigenvalue weighted by atomic mass is 10.1. The Morgan fingerprint density at radius 1 is 1.88 bits per heavy atom. The predicted molar refractivity (Wildman–Crippen MR) is 32.5 cm³/mol. The van der Waals surface area contributed by atoms with Crippen molar-refractivity contribution in [3.63, 3.8) is 0 Å². The molecule has 0 amide bonds. The minimum atomic E-state index is -0.716. The van der Waals surface area contributed by atoms with Crippen molar-refractivity contribution >= 4 is 15.4 Å². The van der Waals surface area contributed by atoms with Gasteiger partial charge in [-0.15, -0.1) is 0 Å². The fourth-order valence-electron chi connectivity index (χ4n) is 0.673. The van der Waals surface area contributed by atoms with E-state index in [1.807, 2.05) is 0 Å². The molecule has 1 N–H and O–H groups in total. The summed E-state index contributed by atoms with van der Waals surface area (Å²) in [6.45, 7) is 0.891. The molecule has 1 fully saturated rings. The van der Waals surface area contributed by atoms with Gasteiger partial charge in [-0.25, -0.2) is 0 Å². The van der Waals surface area contributed by atoms with E-state index in [4.69, 9.17) is 5.11 Å². The van der Waals surface area contributed by atoms with Gasteiger partial charge in [0.2, 0.25) is 0 Å². The molecule has 0 bridgehead atoms. The van der Waals surface area contributed by atoms with Crippen molar-refractivity contribution in [2.24, 2.45) is 0 Å². The first kappa shape index (κ1) is 5.99. The molecule has 8 heavy (non-hydrogen) atoms. The number of hydrogen-bond donors (Lipinski definition) is 1. The Labute approximate surface area is 49.9 Å². The van der Waals surface area contributed by atoms with E-state index >= 15 is 0 Å².